The highest BCUT2D eigenvalue weighted by Gasteiger charge is 2.22. The average Bonchev–Trinajstić information content (AvgIpc) is 2.54. The summed E-state index contributed by atoms with van der Waals surface area (Å²) < 4.78 is 5.26. The predicted octanol–water partition coefficient (Wildman–Crippen LogP) is 3.49. The summed E-state index contributed by atoms with van der Waals surface area (Å²) in [4.78, 5) is 30.2. The van der Waals surface area contributed by atoms with Gasteiger partial charge in [-0.05, 0) is 51.6 Å². The first kappa shape index (κ1) is 20.9. The van der Waals surface area contributed by atoms with E-state index in [4.69, 9.17) is 16.3 Å². The highest BCUT2D eigenvalue weighted by Crippen LogP contribution is 2.20. The number of likely N-dealkylation sites (tertiary alicyclic amines) is 1. The maximum Gasteiger partial charge on any atom is 0.410 e. The molecule has 25 heavy (non-hydrogen) atoms. The summed E-state index contributed by atoms with van der Waals surface area (Å²) in [5, 5.41) is 12.9. The van der Waals surface area contributed by atoms with Gasteiger partial charge in [0.15, 0.2) is 0 Å². The quantitative estimate of drug-likeness (QED) is 0.479. The number of ether oxygens (including phenoxy) is 1. The van der Waals surface area contributed by atoms with Crippen LogP contribution in [0.4, 0.5) is 16.3 Å². The van der Waals surface area contributed by atoms with Crippen molar-refractivity contribution in [1.29, 1.82) is 0 Å². The zero-order valence-corrected chi connectivity index (χ0v) is 15.7. The fourth-order valence-corrected chi connectivity index (χ4v) is 2.21. The summed E-state index contributed by atoms with van der Waals surface area (Å²) in [6.07, 6.45) is 4.35. The third-order valence-electron chi connectivity index (χ3n) is 3.18. The van der Waals surface area contributed by atoms with Gasteiger partial charge >= 0.3 is 11.8 Å². The van der Waals surface area contributed by atoms with Crippen LogP contribution >= 0.6 is 11.6 Å². The topological polar surface area (TPSA) is 110 Å². The van der Waals surface area contributed by atoms with Crippen molar-refractivity contribution in [3.8, 4) is 0 Å². The van der Waals surface area contributed by atoms with Crippen molar-refractivity contribution in [2.75, 3.05) is 25.5 Å². The summed E-state index contributed by atoms with van der Waals surface area (Å²) in [7, 11) is 1.52. The first-order chi connectivity index (χ1) is 11.6. The summed E-state index contributed by atoms with van der Waals surface area (Å²) in [6, 6.07) is 0. The Kier molecular flexibility index (Phi) is 7.82. The molecule has 0 aromatic carbocycles. The zero-order chi connectivity index (χ0) is 19.0. The number of nitrogens with zero attached hydrogens (tertiary/aromatic N) is 4. The maximum atomic E-state index is 11.5. The van der Waals surface area contributed by atoms with E-state index in [0.717, 1.165) is 32.1 Å². The van der Waals surface area contributed by atoms with Crippen LogP contribution in [0.2, 0.25) is 5.28 Å². The molecule has 1 amide bonds. The van der Waals surface area contributed by atoms with Gasteiger partial charge in [0.05, 0.1) is 4.92 Å². The van der Waals surface area contributed by atoms with Gasteiger partial charge in [-0.1, -0.05) is 0 Å². The number of amides is 1. The van der Waals surface area contributed by atoms with Gasteiger partial charge < -0.3 is 15.0 Å². The molecule has 1 fully saturated rings. The predicted molar refractivity (Wildman–Crippen MR) is 94.9 cm³/mol. The Bertz CT molecular complexity index is 600. The van der Waals surface area contributed by atoms with Crippen molar-refractivity contribution in [3.05, 3.63) is 21.6 Å². The number of carbonyl (C=O) groups is 1. The van der Waals surface area contributed by atoms with Crippen LogP contribution in [0.25, 0.3) is 0 Å². The fourth-order valence-electron chi connectivity index (χ4n) is 2.07. The number of hydrogen-bond acceptors (Lipinski definition) is 7. The lowest BCUT2D eigenvalue weighted by Gasteiger charge is -2.29. The Balaban J connectivity index is 0.000000251. The molecular weight excluding hydrogens is 350 g/mol. The lowest BCUT2D eigenvalue weighted by atomic mass is 10.1. The maximum absolute atomic E-state index is 11.5. The largest absolute Gasteiger partial charge is 0.444 e. The van der Waals surface area contributed by atoms with Crippen LogP contribution in [0.5, 0.6) is 0 Å². The molecule has 10 heteroatoms. The lowest BCUT2D eigenvalue weighted by molar-refractivity contribution is -0.384. The summed E-state index contributed by atoms with van der Waals surface area (Å²) in [5.74, 6) is 0.111. The third-order valence-corrected chi connectivity index (χ3v) is 3.36. The Labute approximate surface area is 151 Å². The molecule has 0 saturated carbocycles. The molecule has 1 aromatic rings. The van der Waals surface area contributed by atoms with Crippen LogP contribution in [0.15, 0.2) is 6.20 Å². The number of nitro groups is 1. The second-order valence-corrected chi connectivity index (χ2v) is 6.75. The molecule has 1 saturated heterocycles. The molecule has 0 atom stereocenters. The minimum absolute atomic E-state index is 0.0232. The molecule has 0 unspecified atom stereocenters. The van der Waals surface area contributed by atoms with Gasteiger partial charge in [0, 0.05) is 20.1 Å². The molecule has 1 aromatic heterocycles. The highest BCUT2D eigenvalue weighted by atomic mass is 35.5. The molecule has 1 N–H and O–H groups in total. The van der Waals surface area contributed by atoms with E-state index in [1.165, 1.54) is 13.5 Å². The zero-order valence-electron chi connectivity index (χ0n) is 14.9. The van der Waals surface area contributed by atoms with Crippen molar-refractivity contribution >= 4 is 29.2 Å². The number of hydrogen-bond donors (Lipinski definition) is 1. The van der Waals surface area contributed by atoms with Crippen LogP contribution in [-0.4, -0.2) is 51.6 Å². The van der Waals surface area contributed by atoms with Crippen LogP contribution in [0.3, 0.4) is 0 Å². The highest BCUT2D eigenvalue weighted by molar-refractivity contribution is 6.28. The number of anilines is 1. The molecule has 2 rings (SSSR count). The van der Waals surface area contributed by atoms with Gasteiger partial charge in [-0.2, -0.15) is 4.98 Å². The van der Waals surface area contributed by atoms with Crippen LogP contribution in [-0.2, 0) is 4.74 Å². The number of aromatic nitrogens is 2. The number of halogens is 1. The third kappa shape index (κ3) is 7.51. The second-order valence-electron chi connectivity index (χ2n) is 6.41. The van der Waals surface area contributed by atoms with Crippen LogP contribution in [0.1, 0.15) is 40.0 Å². The van der Waals surface area contributed by atoms with Gasteiger partial charge in [0.2, 0.25) is 11.1 Å². The van der Waals surface area contributed by atoms with Gasteiger partial charge in [-0.3, -0.25) is 10.1 Å². The molecule has 9 nitrogen and oxygen atoms in total. The van der Waals surface area contributed by atoms with Crippen LogP contribution in [0, 0.1) is 10.1 Å². The van der Waals surface area contributed by atoms with E-state index in [2.05, 4.69) is 15.3 Å². The van der Waals surface area contributed by atoms with E-state index in [0.29, 0.717) is 0 Å². The lowest BCUT2D eigenvalue weighted by Crippen LogP contribution is -2.39. The van der Waals surface area contributed by atoms with E-state index in [-0.39, 0.29) is 28.5 Å². The standard InChI is InChI=1S/C10H19NO2.C5H5ClN4O2/c1-10(2,3)13-9(12)11-7-5-4-6-8-11;1-7-4-3(10(11)12)2-8-5(6)9-4/h4-8H2,1-3H3;2H,1H3,(H,7,8,9). The van der Waals surface area contributed by atoms with E-state index in [9.17, 15) is 14.9 Å². The molecule has 0 radical (unpaired) electrons. The van der Waals surface area contributed by atoms with Crippen molar-refractivity contribution in [2.45, 2.75) is 45.6 Å². The molecular formula is C15H24ClN5O4. The van der Waals surface area contributed by atoms with Crippen molar-refractivity contribution in [1.82, 2.24) is 14.9 Å². The molecule has 140 valence electrons. The summed E-state index contributed by atoms with van der Waals surface area (Å²) >= 11 is 5.42. The smallest absolute Gasteiger partial charge is 0.410 e. The molecule has 1 aliphatic heterocycles. The first-order valence-electron chi connectivity index (χ1n) is 7.96. The van der Waals surface area contributed by atoms with Gasteiger partial charge in [0.1, 0.15) is 11.8 Å². The molecule has 0 aliphatic carbocycles. The van der Waals surface area contributed by atoms with Crippen LogP contribution < -0.4 is 5.32 Å². The van der Waals surface area contributed by atoms with E-state index < -0.39 is 4.92 Å². The first-order valence-corrected chi connectivity index (χ1v) is 8.34. The summed E-state index contributed by atoms with van der Waals surface area (Å²) in [6.45, 7) is 7.41. The minimum atomic E-state index is -0.581. The summed E-state index contributed by atoms with van der Waals surface area (Å²) in [5.41, 5.74) is -0.559. The van der Waals surface area contributed by atoms with E-state index in [1.54, 1.807) is 4.90 Å². The number of piperidine rings is 1. The van der Waals surface area contributed by atoms with E-state index >= 15 is 0 Å². The van der Waals surface area contributed by atoms with Crippen molar-refractivity contribution in [2.24, 2.45) is 0 Å². The Morgan fingerprint density at radius 2 is 1.96 bits per heavy atom. The molecule has 1 aliphatic rings. The van der Waals surface area contributed by atoms with Crippen molar-refractivity contribution < 1.29 is 14.5 Å². The molecule has 0 spiro atoms. The Hall–Kier alpha value is -2.16. The van der Waals surface area contributed by atoms with Gasteiger partial charge in [-0.15, -0.1) is 0 Å². The molecule has 0 bridgehead atoms. The number of rotatable bonds is 2. The van der Waals surface area contributed by atoms with E-state index in [1.807, 2.05) is 20.8 Å². The number of nitrogens with one attached hydrogen (secondary N) is 1. The SMILES string of the molecule is CC(C)(C)OC(=O)N1CCCCC1.CNc1nc(Cl)ncc1[N+](=O)[O-]. The van der Waals surface area contributed by atoms with Gasteiger partial charge in [0.25, 0.3) is 0 Å². The minimum Gasteiger partial charge on any atom is -0.444 e. The fraction of sp³-hybridized carbons (Fsp3) is 0.667. The van der Waals surface area contributed by atoms with Gasteiger partial charge in [-0.25, -0.2) is 9.78 Å². The monoisotopic (exact) mass is 373 g/mol. The normalized spacial score (nSPS) is 14.2. The average molecular weight is 374 g/mol. The van der Waals surface area contributed by atoms with Crippen molar-refractivity contribution in [3.63, 3.8) is 0 Å². The second kappa shape index (κ2) is 9.36. The molecule has 2 heterocycles. The Morgan fingerprint density at radius 3 is 2.44 bits per heavy atom. The Morgan fingerprint density at radius 1 is 1.36 bits per heavy atom. The number of carbonyl (C=O) groups excluding carboxylic acids is 1.